The van der Waals surface area contributed by atoms with Gasteiger partial charge in [-0.05, 0) is 18.9 Å². The second kappa shape index (κ2) is 10.1. The summed E-state index contributed by atoms with van der Waals surface area (Å²) in [5, 5.41) is 8.28. The second-order valence-electron chi connectivity index (χ2n) is 3.41. The molecule has 0 heterocycles. The first kappa shape index (κ1) is 13.0. The van der Waals surface area contributed by atoms with E-state index < -0.39 is 5.97 Å². The fourth-order valence-corrected chi connectivity index (χ4v) is 1.24. The summed E-state index contributed by atoms with van der Waals surface area (Å²) in [4.78, 5) is 10.1. The Morgan fingerprint density at radius 3 is 2.50 bits per heavy atom. The quantitative estimate of drug-likeness (QED) is 0.366. The number of hydrogen-bond donors (Lipinski definition) is 1. The first-order valence-electron chi connectivity index (χ1n) is 5.41. The van der Waals surface area contributed by atoms with Crippen molar-refractivity contribution in [2.24, 2.45) is 0 Å². The van der Waals surface area contributed by atoms with Crippen LogP contribution in [0.25, 0.3) is 0 Å². The van der Waals surface area contributed by atoms with Crippen molar-refractivity contribution in [1.29, 1.82) is 0 Å². The predicted octanol–water partition coefficient (Wildman–Crippen LogP) is 3.53. The van der Waals surface area contributed by atoms with E-state index in [-0.39, 0.29) is 0 Å². The molecule has 0 rings (SSSR count). The van der Waals surface area contributed by atoms with Gasteiger partial charge in [0.2, 0.25) is 0 Å². The maximum Gasteiger partial charge on any atom is 0.336 e. The van der Waals surface area contributed by atoms with Gasteiger partial charge in [0.25, 0.3) is 0 Å². The zero-order valence-electron chi connectivity index (χ0n) is 8.96. The molecular formula is C12H20O2. The Kier molecular flexibility index (Phi) is 9.35. The van der Waals surface area contributed by atoms with Gasteiger partial charge in [0.15, 0.2) is 0 Å². The van der Waals surface area contributed by atoms with E-state index in [1.54, 1.807) is 6.08 Å². The number of carboxylic acids is 1. The summed E-state index contributed by atoms with van der Waals surface area (Å²) in [6.07, 6.45) is 11.4. The highest BCUT2D eigenvalue weighted by Gasteiger charge is 1.87. The van der Waals surface area contributed by atoms with Crippen LogP contribution in [0.1, 0.15) is 51.9 Å². The van der Waals surface area contributed by atoms with Crippen LogP contribution >= 0.6 is 0 Å². The van der Waals surface area contributed by atoms with Gasteiger partial charge in [0.1, 0.15) is 0 Å². The maximum absolute atomic E-state index is 10.1. The van der Waals surface area contributed by atoms with Gasteiger partial charge >= 0.3 is 5.97 Å². The lowest BCUT2D eigenvalue weighted by molar-refractivity contribution is -0.131. The zero-order valence-corrected chi connectivity index (χ0v) is 8.96. The van der Waals surface area contributed by atoms with E-state index in [0.29, 0.717) is 0 Å². The van der Waals surface area contributed by atoms with Gasteiger partial charge in [-0.15, -0.1) is 5.73 Å². The summed E-state index contributed by atoms with van der Waals surface area (Å²) < 4.78 is 0. The van der Waals surface area contributed by atoms with Crippen LogP contribution in [-0.2, 0) is 4.79 Å². The first-order valence-corrected chi connectivity index (χ1v) is 5.41. The molecule has 0 aromatic heterocycles. The molecule has 0 fully saturated rings. The third kappa shape index (κ3) is 11.0. The molecule has 0 unspecified atom stereocenters. The van der Waals surface area contributed by atoms with E-state index in [9.17, 15) is 4.79 Å². The molecule has 0 atom stereocenters. The summed E-state index contributed by atoms with van der Waals surface area (Å²) in [5.41, 5.74) is 2.64. The smallest absolute Gasteiger partial charge is 0.336 e. The Bertz CT molecular complexity index is 200. The predicted molar refractivity (Wildman–Crippen MR) is 58.3 cm³/mol. The van der Waals surface area contributed by atoms with E-state index in [1.165, 1.54) is 32.1 Å². The Morgan fingerprint density at radius 2 is 1.86 bits per heavy atom. The molecule has 0 spiro atoms. The van der Waals surface area contributed by atoms with E-state index in [0.717, 1.165) is 18.9 Å². The highest BCUT2D eigenvalue weighted by atomic mass is 16.4. The zero-order chi connectivity index (χ0) is 10.6. The minimum Gasteiger partial charge on any atom is -0.478 e. The molecule has 14 heavy (non-hydrogen) atoms. The largest absolute Gasteiger partial charge is 0.478 e. The number of carboxylic acid groups (broad SMARTS) is 1. The molecule has 0 amide bonds. The topological polar surface area (TPSA) is 37.3 Å². The minimum absolute atomic E-state index is 0.927. The Balaban J connectivity index is 3.21. The SMILES string of the molecule is CCCCCCCCC=C=CC(=O)O. The van der Waals surface area contributed by atoms with Gasteiger partial charge in [-0.25, -0.2) is 4.79 Å². The highest BCUT2D eigenvalue weighted by molar-refractivity contribution is 5.79. The third-order valence-electron chi connectivity index (χ3n) is 2.03. The van der Waals surface area contributed by atoms with Crippen LogP contribution in [0.3, 0.4) is 0 Å². The molecule has 0 radical (unpaired) electrons. The van der Waals surface area contributed by atoms with Crippen LogP contribution < -0.4 is 0 Å². The van der Waals surface area contributed by atoms with E-state index in [1.807, 2.05) is 0 Å². The first-order chi connectivity index (χ1) is 6.77. The molecule has 0 aliphatic heterocycles. The molecule has 0 saturated heterocycles. The Morgan fingerprint density at radius 1 is 1.21 bits per heavy atom. The number of aliphatic carboxylic acids is 1. The molecule has 0 aromatic carbocycles. The fourth-order valence-electron chi connectivity index (χ4n) is 1.24. The summed E-state index contributed by atoms with van der Waals surface area (Å²) in [6.45, 7) is 2.21. The van der Waals surface area contributed by atoms with E-state index in [2.05, 4.69) is 12.7 Å². The van der Waals surface area contributed by atoms with E-state index in [4.69, 9.17) is 5.11 Å². The molecule has 2 nitrogen and oxygen atoms in total. The van der Waals surface area contributed by atoms with Crippen LogP contribution in [0.2, 0.25) is 0 Å². The van der Waals surface area contributed by atoms with Crippen molar-refractivity contribution in [2.45, 2.75) is 51.9 Å². The van der Waals surface area contributed by atoms with Crippen molar-refractivity contribution >= 4 is 5.97 Å². The van der Waals surface area contributed by atoms with Crippen LogP contribution in [0.4, 0.5) is 0 Å². The number of hydrogen-bond acceptors (Lipinski definition) is 1. The third-order valence-corrected chi connectivity index (χ3v) is 2.03. The molecule has 0 saturated carbocycles. The molecule has 0 bridgehead atoms. The standard InChI is InChI=1S/C12H20O2/c1-2-3-4-5-6-7-8-9-10-11-12(13)14/h9,11H,2-8H2,1H3,(H,13,14). The summed E-state index contributed by atoms with van der Waals surface area (Å²) in [7, 11) is 0. The van der Waals surface area contributed by atoms with E-state index >= 15 is 0 Å². The number of unbranched alkanes of at least 4 members (excludes halogenated alkanes) is 6. The molecule has 80 valence electrons. The summed E-state index contributed by atoms with van der Waals surface area (Å²) >= 11 is 0. The van der Waals surface area contributed by atoms with Gasteiger partial charge in [0, 0.05) is 0 Å². The second-order valence-corrected chi connectivity index (χ2v) is 3.41. The molecule has 0 aliphatic rings. The lowest BCUT2D eigenvalue weighted by Gasteiger charge is -1.96. The van der Waals surface area contributed by atoms with Gasteiger partial charge < -0.3 is 5.11 Å². The lowest BCUT2D eigenvalue weighted by atomic mass is 10.1. The molecular weight excluding hydrogens is 176 g/mol. The molecule has 1 N–H and O–H groups in total. The van der Waals surface area contributed by atoms with Crippen molar-refractivity contribution in [3.05, 3.63) is 17.9 Å². The summed E-state index contributed by atoms with van der Waals surface area (Å²) in [5.74, 6) is -0.927. The highest BCUT2D eigenvalue weighted by Crippen LogP contribution is 2.06. The van der Waals surface area contributed by atoms with Crippen LogP contribution in [0.15, 0.2) is 17.9 Å². The molecule has 2 heteroatoms. The lowest BCUT2D eigenvalue weighted by Crippen LogP contribution is -1.83. The Labute approximate surface area is 86.3 Å². The average Bonchev–Trinajstić information content (AvgIpc) is 2.15. The van der Waals surface area contributed by atoms with Gasteiger partial charge in [-0.1, -0.05) is 39.0 Å². The summed E-state index contributed by atoms with van der Waals surface area (Å²) in [6, 6.07) is 0. The molecule has 0 aromatic rings. The monoisotopic (exact) mass is 196 g/mol. The number of carbonyl (C=O) groups is 1. The van der Waals surface area contributed by atoms with Crippen LogP contribution in [0, 0.1) is 0 Å². The fraction of sp³-hybridized carbons (Fsp3) is 0.667. The molecule has 0 aliphatic carbocycles. The van der Waals surface area contributed by atoms with Gasteiger partial charge in [0.05, 0.1) is 6.08 Å². The van der Waals surface area contributed by atoms with Gasteiger partial charge in [-0.3, -0.25) is 0 Å². The average molecular weight is 196 g/mol. The normalized spacial score (nSPS) is 9.21. The maximum atomic E-state index is 10.1. The van der Waals surface area contributed by atoms with Crippen molar-refractivity contribution in [3.63, 3.8) is 0 Å². The minimum atomic E-state index is -0.927. The van der Waals surface area contributed by atoms with Crippen LogP contribution in [0.5, 0.6) is 0 Å². The van der Waals surface area contributed by atoms with Crippen molar-refractivity contribution in [1.82, 2.24) is 0 Å². The Hall–Kier alpha value is -1.01. The van der Waals surface area contributed by atoms with Crippen molar-refractivity contribution < 1.29 is 9.90 Å². The number of rotatable bonds is 8. The van der Waals surface area contributed by atoms with Crippen LogP contribution in [-0.4, -0.2) is 11.1 Å². The van der Waals surface area contributed by atoms with Crippen molar-refractivity contribution in [2.75, 3.05) is 0 Å². The van der Waals surface area contributed by atoms with Gasteiger partial charge in [-0.2, -0.15) is 0 Å². The van der Waals surface area contributed by atoms with Crippen molar-refractivity contribution in [3.8, 4) is 0 Å².